The molecule has 0 saturated carbocycles. The molecule has 6 nitrogen and oxygen atoms in total. The van der Waals surface area contributed by atoms with Gasteiger partial charge in [-0.25, -0.2) is 0 Å². The van der Waals surface area contributed by atoms with Crippen LogP contribution in [-0.2, 0) is 16.2 Å². The van der Waals surface area contributed by atoms with E-state index in [-0.39, 0.29) is 11.3 Å². The van der Waals surface area contributed by atoms with Crippen LogP contribution in [0.3, 0.4) is 0 Å². The topological polar surface area (TPSA) is 70.1 Å². The van der Waals surface area contributed by atoms with E-state index < -0.39 is 17.7 Å². The standard InChI is InChI=1S/C28H30N2O4S/c1-19-17-21(12-13-22(19)34-18-20-9-5-4-6-10-20)26(31)24-25(23-11-7-16-35-23)30(28(33)27(24)32)15-8-14-29(2)3/h4-7,9-13,16-17,25,31H,8,14-15,18H2,1-3H3/t25-/m1/s1. The van der Waals surface area contributed by atoms with Gasteiger partial charge in [0.1, 0.15) is 18.1 Å². The average molecular weight is 491 g/mol. The Bertz CT molecular complexity index is 1220. The normalized spacial score (nSPS) is 17.4. The Morgan fingerprint density at radius 3 is 2.51 bits per heavy atom. The van der Waals surface area contributed by atoms with Crippen molar-refractivity contribution in [2.75, 3.05) is 27.2 Å². The predicted octanol–water partition coefficient (Wildman–Crippen LogP) is 5.01. The summed E-state index contributed by atoms with van der Waals surface area (Å²) in [5.74, 6) is -0.671. The van der Waals surface area contributed by atoms with Gasteiger partial charge in [-0.1, -0.05) is 36.4 Å². The molecule has 0 unspecified atom stereocenters. The molecule has 1 atom stereocenters. The van der Waals surface area contributed by atoms with E-state index in [1.165, 1.54) is 11.3 Å². The Kier molecular flexibility index (Phi) is 7.68. The first-order valence-electron chi connectivity index (χ1n) is 11.6. The summed E-state index contributed by atoms with van der Waals surface area (Å²) in [7, 11) is 3.95. The molecule has 1 aliphatic rings. The number of ether oxygens (including phenoxy) is 1. The first kappa shape index (κ1) is 24.7. The molecule has 1 N–H and O–H groups in total. The summed E-state index contributed by atoms with van der Waals surface area (Å²) < 4.78 is 5.95. The highest BCUT2D eigenvalue weighted by Crippen LogP contribution is 2.41. The highest BCUT2D eigenvalue weighted by Gasteiger charge is 2.46. The molecule has 1 aromatic heterocycles. The zero-order chi connectivity index (χ0) is 24.9. The van der Waals surface area contributed by atoms with Crippen molar-refractivity contribution >= 4 is 28.8 Å². The van der Waals surface area contributed by atoms with Crippen LogP contribution in [0.25, 0.3) is 5.76 Å². The van der Waals surface area contributed by atoms with E-state index in [0.717, 1.165) is 29.0 Å². The maximum absolute atomic E-state index is 13.1. The minimum absolute atomic E-state index is 0.139. The number of hydrogen-bond donors (Lipinski definition) is 1. The Labute approximate surface area is 210 Å². The number of nitrogens with zero attached hydrogens (tertiary/aromatic N) is 2. The molecule has 1 fully saturated rings. The largest absolute Gasteiger partial charge is 0.507 e. The van der Waals surface area contributed by atoms with Gasteiger partial charge in [-0.15, -0.1) is 11.3 Å². The molecule has 4 rings (SSSR count). The number of ketones is 1. The molecule has 2 heterocycles. The number of hydrogen-bond acceptors (Lipinski definition) is 6. The Hall–Kier alpha value is -3.42. The summed E-state index contributed by atoms with van der Waals surface area (Å²) in [6, 6.07) is 18.4. The van der Waals surface area contributed by atoms with Crippen LogP contribution >= 0.6 is 11.3 Å². The number of aliphatic hydroxyl groups excluding tert-OH is 1. The van der Waals surface area contributed by atoms with Gasteiger partial charge in [-0.2, -0.15) is 0 Å². The molecule has 1 amide bonds. The fourth-order valence-corrected chi connectivity index (χ4v) is 5.11. The van der Waals surface area contributed by atoms with Crippen molar-refractivity contribution < 1.29 is 19.4 Å². The third kappa shape index (κ3) is 5.47. The van der Waals surface area contributed by atoms with Gasteiger partial charge >= 0.3 is 0 Å². The summed E-state index contributed by atoms with van der Waals surface area (Å²) in [6.45, 7) is 3.56. The monoisotopic (exact) mass is 490 g/mol. The van der Waals surface area contributed by atoms with E-state index in [2.05, 4.69) is 0 Å². The van der Waals surface area contributed by atoms with Crippen molar-refractivity contribution in [3.05, 3.63) is 93.2 Å². The number of carbonyl (C=O) groups is 2. The SMILES string of the molecule is Cc1cc(C(O)=C2C(=O)C(=O)N(CCCN(C)C)[C@@H]2c2cccs2)ccc1OCc1ccccc1. The quantitative estimate of drug-likeness (QED) is 0.259. The van der Waals surface area contributed by atoms with Gasteiger partial charge in [-0.05, 0) is 74.8 Å². The zero-order valence-electron chi connectivity index (χ0n) is 20.2. The molecule has 0 bridgehead atoms. The number of Topliss-reactive ketones (excluding diaryl/α,β-unsaturated/α-hetero) is 1. The van der Waals surface area contributed by atoms with Gasteiger partial charge in [0.15, 0.2) is 0 Å². The molecule has 0 aliphatic carbocycles. The van der Waals surface area contributed by atoms with E-state index in [1.54, 1.807) is 23.1 Å². The lowest BCUT2D eigenvalue weighted by Gasteiger charge is -2.24. The zero-order valence-corrected chi connectivity index (χ0v) is 21.0. The third-order valence-electron chi connectivity index (χ3n) is 6.04. The van der Waals surface area contributed by atoms with Crippen molar-refractivity contribution in [2.24, 2.45) is 0 Å². The summed E-state index contributed by atoms with van der Waals surface area (Å²) in [6.07, 6.45) is 0.731. The lowest BCUT2D eigenvalue weighted by atomic mass is 9.98. The highest BCUT2D eigenvalue weighted by atomic mass is 32.1. The highest BCUT2D eigenvalue weighted by molar-refractivity contribution is 7.10. The smallest absolute Gasteiger partial charge is 0.295 e. The average Bonchev–Trinajstić information content (AvgIpc) is 3.46. The molecular formula is C28H30N2O4S. The first-order chi connectivity index (χ1) is 16.9. The van der Waals surface area contributed by atoms with Crippen LogP contribution in [0.2, 0.25) is 0 Å². The van der Waals surface area contributed by atoms with Gasteiger partial charge in [0.25, 0.3) is 11.7 Å². The number of likely N-dealkylation sites (tertiary alicyclic amines) is 1. The van der Waals surface area contributed by atoms with Crippen LogP contribution < -0.4 is 4.74 Å². The van der Waals surface area contributed by atoms with Crippen LogP contribution in [0.15, 0.2) is 71.6 Å². The van der Waals surface area contributed by atoms with Crippen molar-refractivity contribution in [1.29, 1.82) is 0 Å². The summed E-state index contributed by atoms with van der Waals surface area (Å²) in [5, 5.41) is 13.2. The molecule has 2 aromatic carbocycles. The maximum atomic E-state index is 13.1. The van der Waals surface area contributed by atoms with Gasteiger partial charge in [0.05, 0.1) is 11.6 Å². The first-order valence-corrected chi connectivity index (χ1v) is 12.5. The Morgan fingerprint density at radius 2 is 1.86 bits per heavy atom. The molecule has 1 saturated heterocycles. The molecule has 0 spiro atoms. The van der Waals surface area contributed by atoms with Crippen LogP contribution in [-0.4, -0.2) is 53.8 Å². The predicted molar refractivity (Wildman–Crippen MR) is 138 cm³/mol. The summed E-state index contributed by atoms with van der Waals surface area (Å²) in [5.41, 5.74) is 2.52. The molecule has 35 heavy (non-hydrogen) atoms. The van der Waals surface area contributed by atoms with Crippen LogP contribution in [0.5, 0.6) is 5.75 Å². The van der Waals surface area contributed by atoms with Crippen LogP contribution in [0.1, 0.15) is 34.0 Å². The lowest BCUT2D eigenvalue weighted by Crippen LogP contribution is -2.32. The van der Waals surface area contributed by atoms with Crippen molar-refractivity contribution in [3.63, 3.8) is 0 Å². The van der Waals surface area contributed by atoms with Crippen molar-refractivity contribution in [1.82, 2.24) is 9.80 Å². The maximum Gasteiger partial charge on any atom is 0.295 e. The summed E-state index contributed by atoms with van der Waals surface area (Å²) in [4.78, 5) is 30.6. The second-order valence-electron chi connectivity index (χ2n) is 8.92. The second kappa shape index (κ2) is 10.9. The van der Waals surface area contributed by atoms with Gasteiger partial charge < -0.3 is 19.6 Å². The van der Waals surface area contributed by atoms with E-state index >= 15 is 0 Å². The van der Waals surface area contributed by atoms with Crippen molar-refractivity contribution in [2.45, 2.75) is 26.0 Å². The van der Waals surface area contributed by atoms with Crippen molar-refractivity contribution in [3.8, 4) is 5.75 Å². The third-order valence-corrected chi connectivity index (χ3v) is 6.97. The van der Waals surface area contributed by atoms with Gasteiger partial charge in [-0.3, -0.25) is 9.59 Å². The fourth-order valence-electron chi connectivity index (χ4n) is 4.26. The number of amides is 1. The minimum Gasteiger partial charge on any atom is -0.507 e. The lowest BCUT2D eigenvalue weighted by molar-refractivity contribution is -0.139. The van der Waals surface area contributed by atoms with Gasteiger partial charge in [0, 0.05) is 17.0 Å². The number of aliphatic hydroxyl groups is 1. The minimum atomic E-state index is -0.646. The second-order valence-corrected chi connectivity index (χ2v) is 9.90. The van der Waals surface area contributed by atoms with E-state index in [4.69, 9.17) is 4.74 Å². The number of thiophene rings is 1. The molecular weight excluding hydrogens is 460 g/mol. The van der Waals surface area contributed by atoms with Crippen LogP contribution in [0.4, 0.5) is 0 Å². The fraction of sp³-hybridized carbons (Fsp3) is 0.286. The molecule has 182 valence electrons. The summed E-state index contributed by atoms with van der Waals surface area (Å²) >= 11 is 1.47. The molecule has 0 radical (unpaired) electrons. The molecule has 1 aliphatic heterocycles. The van der Waals surface area contributed by atoms with E-state index in [0.29, 0.717) is 24.5 Å². The van der Waals surface area contributed by atoms with E-state index in [9.17, 15) is 14.7 Å². The number of aryl methyl sites for hydroxylation is 1. The Morgan fingerprint density at radius 1 is 1.09 bits per heavy atom. The van der Waals surface area contributed by atoms with Crippen LogP contribution in [0, 0.1) is 6.92 Å². The molecule has 3 aromatic rings. The number of rotatable bonds is 9. The Balaban J connectivity index is 1.63. The number of benzene rings is 2. The van der Waals surface area contributed by atoms with Gasteiger partial charge in [0.2, 0.25) is 0 Å². The number of carbonyl (C=O) groups excluding carboxylic acids is 2. The van der Waals surface area contributed by atoms with E-state index in [1.807, 2.05) is 73.8 Å². The molecule has 7 heteroatoms.